The number of ether oxygens (including phenoxy) is 2. The summed E-state index contributed by atoms with van der Waals surface area (Å²) in [5.74, 6) is -0.491. The molecule has 1 aliphatic rings. The zero-order valence-corrected chi connectivity index (χ0v) is 19.5. The van der Waals surface area contributed by atoms with Gasteiger partial charge in [0.2, 0.25) is 0 Å². The van der Waals surface area contributed by atoms with Gasteiger partial charge in [-0.1, -0.05) is 26.0 Å². The molecule has 0 aromatic heterocycles. The third-order valence-corrected chi connectivity index (χ3v) is 5.52. The molecule has 0 saturated carbocycles. The molecule has 1 saturated heterocycles. The van der Waals surface area contributed by atoms with Crippen molar-refractivity contribution in [2.24, 2.45) is 5.92 Å². The number of nitrogens with zero attached hydrogens (tertiary/aromatic N) is 1. The summed E-state index contributed by atoms with van der Waals surface area (Å²) in [5, 5.41) is 20.9. The predicted molar refractivity (Wildman–Crippen MR) is 125 cm³/mol. The van der Waals surface area contributed by atoms with Gasteiger partial charge >= 0.3 is 0 Å². The monoisotopic (exact) mass is 453 g/mol. The van der Waals surface area contributed by atoms with Crippen LogP contribution in [0.15, 0.2) is 48.0 Å². The van der Waals surface area contributed by atoms with Crippen molar-refractivity contribution in [3.8, 4) is 11.5 Å². The van der Waals surface area contributed by atoms with Gasteiger partial charge in [-0.2, -0.15) is 0 Å². The number of Topliss-reactive ketones (excluding diaryl/α,β-unsaturated/α-hetero) is 1. The molecule has 1 fully saturated rings. The number of hydrogen-bond donors (Lipinski definition) is 2. The Hall–Kier alpha value is -3.32. The number of aromatic hydroxyl groups is 1. The molecule has 2 N–H and O–H groups in total. The van der Waals surface area contributed by atoms with E-state index in [9.17, 15) is 19.8 Å². The van der Waals surface area contributed by atoms with Crippen molar-refractivity contribution in [3.63, 3.8) is 0 Å². The van der Waals surface area contributed by atoms with Crippen molar-refractivity contribution in [1.82, 2.24) is 4.90 Å². The van der Waals surface area contributed by atoms with Crippen LogP contribution in [-0.2, 0) is 14.3 Å². The molecule has 0 unspecified atom stereocenters. The van der Waals surface area contributed by atoms with Crippen molar-refractivity contribution < 1.29 is 29.3 Å². The van der Waals surface area contributed by atoms with Gasteiger partial charge in [0, 0.05) is 25.8 Å². The van der Waals surface area contributed by atoms with E-state index in [1.54, 1.807) is 37.4 Å². The fourth-order valence-corrected chi connectivity index (χ4v) is 3.86. The SMILES string of the molecule is COCCCN1C(=O)C(=O)C(=C(O)c2ccc(OCC(C)C)c(C)c2)[C@@H]1c1ccc(O)cc1. The van der Waals surface area contributed by atoms with E-state index < -0.39 is 17.7 Å². The number of phenols is 1. The molecule has 0 aliphatic carbocycles. The Morgan fingerprint density at radius 2 is 1.82 bits per heavy atom. The van der Waals surface area contributed by atoms with Crippen molar-refractivity contribution in [2.75, 3.05) is 26.9 Å². The fourth-order valence-electron chi connectivity index (χ4n) is 3.86. The number of hydrogen-bond acceptors (Lipinski definition) is 6. The minimum Gasteiger partial charge on any atom is -0.508 e. The maximum absolute atomic E-state index is 13.0. The summed E-state index contributed by atoms with van der Waals surface area (Å²) < 4.78 is 10.9. The average molecular weight is 454 g/mol. The van der Waals surface area contributed by atoms with Gasteiger partial charge in [0.1, 0.15) is 17.3 Å². The number of carbonyl (C=O) groups is 2. The maximum Gasteiger partial charge on any atom is 0.295 e. The predicted octanol–water partition coefficient (Wildman–Crippen LogP) is 4.19. The Balaban J connectivity index is 2.04. The minimum absolute atomic E-state index is 0.0263. The normalized spacial score (nSPS) is 17.7. The number of phenolic OH excluding ortho intramolecular Hbond substituents is 1. The number of rotatable bonds is 9. The molecule has 1 heterocycles. The molecule has 2 aromatic rings. The highest BCUT2D eigenvalue weighted by molar-refractivity contribution is 6.46. The van der Waals surface area contributed by atoms with E-state index in [2.05, 4.69) is 13.8 Å². The van der Waals surface area contributed by atoms with Crippen LogP contribution in [0, 0.1) is 12.8 Å². The zero-order chi connectivity index (χ0) is 24.1. The molecule has 176 valence electrons. The number of carbonyl (C=O) groups excluding carboxylic acids is 2. The number of ketones is 1. The molecular formula is C26H31NO6. The Labute approximate surface area is 194 Å². The summed E-state index contributed by atoms with van der Waals surface area (Å²) in [6.07, 6.45) is 0.541. The molecule has 3 rings (SSSR count). The second kappa shape index (κ2) is 10.5. The zero-order valence-electron chi connectivity index (χ0n) is 19.5. The van der Waals surface area contributed by atoms with Gasteiger partial charge in [-0.25, -0.2) is 0 Å². The lowest BCUT2D eigenvalue weighted by Crippen LogP contribution is -2.31. The van der Waals surface area contributed by atoms with Crippen LogP contribution >= 0.6 is 0 Å². The van der Waals surface area contributed by atoms with Crippen LogP contribution in [0.3, 0.4) is 0 Å². The number of aliphatic hydroxyl groups excluding tert-OH is 1. The van der Waals surface area contributed by atoms with Crippen LogP contribution in [0.25, 0.3) is 5.76 Å². The first-order valence-electron chi connectivity index (χ1n) is 11.0. The molecule has 0 radical (unpaired) electrons. The summed E-state index contributed by atoms with van der Waals surface area (Å²) in [5.41, 5.74) is 1.90. The number of aliphatic hydroxyl groups is 1. The van der Waals surface area contributed by atoms with Crippen LogP contribution < -0.4 is 4.74 Å². The van der Waals surface area contributed by atoms with Gasteiger partial charge < -0.3 is 24.6 Å². The van der Waals surface area contributed by atoms with Crippen LogP contribution in [0.1, 0.15) is 43.0 Å². The minimum atomic E-state index is -0.764. The van der Waals surface area contributed by atoms with Crippen LogP contribution in [-0.4, -0.2) is 53.7 Å². The van der Waals surface area contributed by atoms with Gasteiger partial charge in [0.05, 0.1) is 18.2 Å². The standard InChI is InChI=1S/C26H31NO6/c1-16(2)15-33-21-11-8-19(14-17(21)3)24(29)22-23(18-6-9-20(28)10-7-18)27(12-5-13-32-4)26(31)25(22)30/h6-11,14,16,23,28-29H,5,12-13,15H2,1-4H3/t23-/m0/s1. The summed E-state index contributed by atoms with van der Waals surface area (Å²) in [7, 11) is 1.57. The first-order valence-corrected chi connectivity index (χ1v) is 11.0. The van der Waals surface area contributed by atoms with E-state index in [1.165, 1.54) is 17.0 Å². The Morgan fingerprint density at radius 3 is 2.42 bits per heavy atom. The van der Waals surface area contributed by atoms with Crippen molar-refractivity contribution in [3.05, 3.63) is 64.7 Å². The topological polar surface area (TPSA) is 96.3 Å². The third-order valence-electron chi connectivity index (χ3n) is 5.52. The van der Waals surface area contributed by atoms with Crippen molar-refractivity contribution in [1.29, 1.82) is 0 Å². The quantitative estimate of drug-likeness (QED) is 0.256. The van der Waals surface area contributed by atoms with E-state index >= 15 is 0 Å². The van der Waals surface area contributed by atoms with Gasteiger partial charge in [0.25, 0.3) is 11.7 Å². The molecule has 7 nitrogen and oxygen atoms in total. The number of aryl methyl sites for hydroxylation is 1. The lowest BCUT2D eigenvalue weighted by atomic mass is 9.94. The number of benzene rings is 2. The summed E-state index contributed by atoms with van der Waals surface area (Å²) in [4.78, 5) is 27.4. The number of likely N-dealkylation sites (tertiary alicyclic amines) is 1. The molecule has 1 atom stereocenters. The van der Waals surface area contributed by atoms with Crippen LogP contribution in [0.4, 0.5) is 0 Å². The molecular weight excluding hydrogens is 422 g/mol. The number of amides is 1. The smallest absolute Gasteiger partial charge is 0.295 e. The summed E-state index contributed by atoms with van der Waals surface area (Å²) in [6.45, 7) is 7.28. The summed E-state index contributed by atoms with van der Waals surface area (Å²) >= 11 is 0. The second-order valence-electron chi connectivity index (χ2n) is 8.62. The van der Waals surface area contributed by atoms with Crippen molar-refractivity contribution in [2.45, 2.75) is 33.2 Å². The highest BCUT2D eigenvalue weighted by Gasteiger charge is 2.45. The molecule has 1 aliphatic heterocycles. The van der Waals surface area contributed by atoms with Gasteiger partial charge in [-0.05, 0) is 60.7 Å². The molecule has 33 heavy (non-hydrogen) atoms. The Kier molecular flexibility index (Phi) is 7.76. The number of methoxy groups -OCH3 is 1. The molecule has 7 heteroatoms. The van der Waals surface area contributed by atoms with Crippen molar-refractivity contribution >= 4 is 17.4 Å². The van der Waals surface area contributed by atoms with E-state index in [-0.39, 0.29) is 17.1 Å². The first-order chi connectivity index (χ1) is 15.7. The van der Waals surface area contributed by atoms with Crippen LogP contribution in [0.2, 0.25) is 0 Å². The van der Waals surface area contributed by atoms with E-state index in [0.29, 0.717) is 49.0 Å². The molecule has 0 spiro atoms. The lowest BCUT2D eigenvalue weighted by Gasteiger charge is -2.25. The molecule has 0 bridgehead atoms. The first kappa shape index (κ1) is 24.3. The largest absolute Gasteiger partial charge is 0.508 e. The average Bonchev–Trinajstić information content (AvgIpc) is 3.03. The molecule has 1 amide bonds. The Morgan fingerprint density at radius 1 is 1.12 bits per heavy atom. The highest BCUT2D eigenvalue weighted by atomic mass is 16.5. The van der Waals surface area contributed by atoms with Gasteiger partial charge in [0.15, 0.2) is 0 Å². The third kappa shape index (κ3) is 5.37. The van der Waals surface area contributed by atoms with Gasteiger partial charge in [-0.15, -0.1) is 0 Å². The van der Waals surface area contributed by atoms with E-state index in [0.717, 1.165) is 5.56 Å². The highest BCUT2D eigenvalue weighted by Crippen LogP contribution is 2.40. The summed E-state index contributed by atoms with van der Waals surface area (Å²) in [6, 6.07) is 10.7. The van der Waals surface area contributed by atoms with E-state index in [4.69, 9.17) is 9.47 Å². The maximum atomic E-state index is 13.0. The Bertz CT molecular complexity index is 1040. The van der Waals surface area contributed by atoms with Crippen LogP contribution in [0.5, 0.6) is 11.5 Å². The second-order valence-corrected chi connectivity index (χ2v) is 8.62. The lowest BCUT2D eigenvalue weighted by molar-refractivity contribution is -0.140. The molecule has 2 aromatic carbocycles. The fraction of sp³-hybridized carbons (Fsp3) is 0.385. The van der Waals surface area contributed by atoms with E-state index in [1.807, 2.05) is 6.92 Å². The van der Waals surface area contributed by atoms with Gasteiger partial charge in [-0.3, -0.25) is 9.59 Å².